The second-order valence-electron chi connectivity index (χ2n) is 5.61. The number of ether oxygens (including phenoxy) is 1. The molecule has 0 radical (unpaired) electrons. The van der Waals surface area contributed by atoms with Crippen molar-refractivity contribution in [2.24, 2.45) is 0 Å². The van der Waals surface area contributed by atoms with Crippen molar-refractivity contribution in [2.75, 3.05) is 31.7 Å². The van der Waals surface area contributed by atoms with E-state index in [1.54, 1.807) is 11.0 Å². The Balaban J connectivity index is 2.77. The lowest BCUT2D eigenvalue weighted by Crippen LogP contribution is -2.43. The summed E-state index contributed by atoms with van der Waals surface area (Å²) >= 11 is 13.4. The van der Waals surface area contributed by atoms with Crippen molar-refractivity contribution in [3.63, 3.8) is 0 Å². The van der Waals surface area contributed by atoms with Gasteiger partial charge in [0.2, 0.25) is 0 Å². The minimum Gasteiger partial charge on any atom is -0.454 e. The number of carbonyl (C=O) groups excluding carboxylic acids is 3. The largest absolute Gasteiger partial charge is 0.454 e. The zero-order valence-corrected chi connectivity index (χ0v) is 17.9. The standard InChI is InChI=1S/C18H24Cl2N2O4S/c1-4-22(5-2)16(23)11-26-18(25)15(8-9-27-3)21-17(24)13-7-6-12(19)10-14(13)20/h6-7,10,15H,4-5,8-9,11H2,1-3H3,(H,21,24). The number of benzene rings is 1. The van der Waals surface area contributed by atoms with Crippen molar-refractivity contribution in [1.29, 1.82) is 0 Å². The van der Waals surface area contributed by atoms with Crippen LogP contribution in [-0.2, 0) is 14.3 Å². The highest BCUT2D eigenvalue weighted by atomic mass is 35.5. The first-order valence-electron chi connectivity index (χ1n) is 8.53. The smallest absolute Gasteiger partial charge is 0.329 e. The molecule has 1 aromatic rings. The number of rotatable bonds is 10. The quantitative estimate of drug-likeness (QED) is 0.571. The van der Waals surface area contributed by atoms with E-state index in [9.17, 15) is 14.4 Å². The van der Waals surface area contributed by atoms with Gasteiger partial charge in [-0.2, -0.15) is 11.8 Å². The van der Waals surface area contributed by atoms with Crippen molar-refractivity contribution in [2.45, 2.75) is 26.3 Å². The van der Waals surface area contributed by atoms with Gasteiger partial charge in [-0.1, -0.05) is 23.2 Å². The molecule has 0 fully saturated rings. The van der Waals surface area contributed by atoms with Crippen LogP contribution < -0.4 is 5.32 Å². The highest BCUT2D eigenvalue weighted by molar-refractivity contribution is 7.98. The SMILES string of the molecule is CCN(CC)C(=O)COC(=O)C(CCSC)NC(=O)c1ccc(Cl)cc1Cl. The molecule has 0 saturated heterocycles. The summed E-state index contributed by atoms with van der Waals surface area (Å²) in [5.74, 6) is -0.792. The first kappa shape index (κ1) is 23.6. The zero-order valence-electron chi connectivity index (χ0n) is 15.6. The molecule has 9 heteroatoms. The molecule has 1 atom stereocenters. The summed E-state index contributed by atoms with van der Waals surface area (Å²) in [6, 6.07) is 3.61. The minimum absolute atomic E-state index is 0.189. The van der Waals surface area contributed by atoms with Crippen LogP contribution in [0.5, 0.6) is 0 Å². The summed E-state index contributed by atoms with van der Waals surface area (Å²) in [4.78, 5) is 38.4. The van der Waals surface area contributed by atoms with Crippen LogP contribution in [0.15, 0.2) is 18.2 Å². The van der Waals surface area contributed by atoms with Crippen molar-refractivity contribution >= 4 is 52.7 Å². The molecule has 0 aliphatic carbocycles. The Bertz CT molecular complexity index is 669. The molecule has 0 spiro atoms. The van der Waals surface area contributed by atoms with E-state index in [2.05, 4.69) is 5.32 Å². The van der Waals surface area contributed by atoms with Gasteiger partial charge in [0.1, 0.15) is 6.04 Å². The normalized spacial score (nSPS) is 11.6. The maximum Gasteiger partial charge on any atom is 0.329 e. The van der Waals surface area contributed by atoms with Gasteiger partial charge in [-0.25, -0.2) is 4.79 Å². The molecule has 1 unspecified atom stereocenters. The van der Waals surface area contributed by atoms with E-state index in [4.69, 9.17) is 27.9 Å². The lowest BCUT2D eigenvalue weighted by atomic mass is 10.1. The fraction of sp³-hybridized carbons (Fsp3) is 0.500. The van der Waals surface area contributed by atoms with E-state index >= 15 is 0 Å². The number of hydrogen-bond acceptors (Lipinski definition) is 5. The summed E-state index contributed by atoms with van der Waals surface area (Å²) in [6.45, 7) is 4.41. The Hall–Kier alpha value is -1.44. The van der Waals surface area contributed by atoms with E-state index in [1.807, 2.05) is 20.1 Å². The Labute approximate surface area is 173 Å². The second-order valence-corrected chi connectivity index (χ2v) is 7.43. The topological polar surface area (TPSA) is 75.7 Å². The molecule has 6 nitrogen and oxygen atoms in total. The van der Waals surface area contributed by atoms with Gasteiger partial charge in [0, 0.05) is 18.1 Å². The van der Waals surface area contributed by atoms with Crippen molar-refractivity contribution in [3.05, 3.63) is 33.8 Å². The average Bonchev–Trinajstić information content (AvgIpc) is 2.63. The van der Waals surface area contributed by atoms with E-state index in [0.717, 1.165) is 0 Å². The van der Waals surface area contributed by atoms with Gasteiger partial charge >= 0.3 is 5.97 Å². The monoisotopic (exact) mass is 434 g/mol. The summed E-state index contributed by atoms with van der Waals surface area (Å²) in [7, 11) is 0. The van der Waals surface area contributed by atoms with Crippen molar-refractivity contribution in [3.8, 4) is 0 Å². The van der Waals surface area contributed by atoms with Crippen LogP contribution in [0.3, 0.4) is 0 Å². The third kappa shape index (κ3) is 7.60. The maximum atomic E-state index is 12.5. The van der Waals surface area contributed by atoms with Crippen LogP contribution in [0, 0.1) is 0 Å². The molecular formula is C18H24Cl2N2O4S. The molecule has 0 heterocycles. The minimum atomic E-state index is -0.874. The number of esters is 1. The molecule has 0 aliphatic heterocycles. The second kappa shape index (κ2) is 12.1. The number of nitrogens with one attached hydrogen (secondary N) is 1. The molecule has 0 saturated carbocycles. The predicted octanol–water partition coefficient (Wildman–Crippen LogP) is 3.26. The number of thioether (sulfide) groups is 1. The fourth-order valence-electron chi connectivity index (χ4n) is 2.30. The summed E-state index contributed by atoms with van der Waals surface area (Å²) < 4.78 is 5.13. The van der Waals surface area contributed by atoms with E-state index in [1.165, 1.54) is 23.9 Å². The first-order valence-corrected chi connectivity index (χ1v) is 10.7. The fourth-order valence-corrected chi connectivity index (χ4v) is 3.26. The van der Waals surface area contributed by atoms with Crippen LogP contribution in [-0.4, -0.2) is 60.4 Å². The Morgan fingerprint density at radius 3 is 2.44 bits per heavy atom. The van der Waals surface area contributed by atoms with Crippen molar-refractivity contribution < 1.29 is 19.1 Å². The van der Waals surface area contributed by atoms with Gasteiger partial charge in [0.05, 0.1) is 10.6 Å². The summed E-state index contributed by atoms with van der Waals surface area (Å²) in [5, 5.41) is 3.23. The molecule has 0 aliphatic rings. The van der Waals surface area contributed by atoms with E-state index in [-0.39, 0.29) is 23.1 Å². The molecule has 1 N–H and O–H groups in total. The maximum absolute atomic E-state index is 12.5. The van der Waals surface area contributed by atoms with Gasteiger partial charge in [0.15, 0.2) is 6.61 Å². The number of likely N-dealkylation sites (N-methyl/N-ethyl adjacent to an activating group) is 1. The van der Waals surface area contributed by atoms with Crippen LogP contribution in [0.2, 0.25) is 10.0 Å². The predicted molar refractivity (Wildman–Crippen MR) is 110 cm³/mol. The van der Waals surface area contributed by atoms with E-state index < -0.39 is 17.9 Å². The number of amides is 2. The summed E-state index contributed by atoms with van der Waals surface area (Å²) in [5.41, 5.74) is 0.210. The third-order valence-electron chi connectivity index (χ3n) is 3.83. The number of nitrogens with zero attached hydrogens (tertiary/aromatic N) is 1. The third-order valence-corrected chi connectivity index (χ3v) is 5.02. The summed E-state index contributed by atoms with van der Waals surface area (Å²) in [6.07, 6.45) is 2.26. The Morgan fingerprint density at radius 1 is 1.22 bits per heavy atom. The number of halogens is 2. The van der Waals surface area contributed by atoms with Gasteiger partial charge < -0.3 is 15.0 Å². The lowest BCUT2D eigenvalue weighted by Gasteiger charge is -2.21. The molecular weight excluding hydrogens is 411 g/mol. The molecule has 27 heavy (non-hydrogen) atoms. The Morgan fingerprint density at radius 2 is 1.89 bits per heavy atom. The highest BCUT2D eigenvalue weighted by Crippen LogP contribution is 2.21. The van der Waals surface area contributed by atoms with Gasteiger partial charge in [0.25, 0.3) is 11.8 Å². The van der Waals surface area contributed by atoms with E-state index in [0.29, 0.717) is 30.3 Å². The van der Waals surface area contributed by atoms with Crippen molar-refractivity contribution in [1.82, 2.24) is 10.2 Å². The highest BCUT2D eigenvalue weighted by Gasteiger charge is 2.25. The van der Waals surface area contributed by atoms with Crippen LogP contribution >= 0.6 is 35.0 Å². The molecule has 0 bridgehead atoms. The molecule has 2 amide bonds. The van der Waals surface area contributed by atoms with Gasteiger partial charge in [-0.05, 0) is 50.5 Å². The number of carbonyl (C=O) groups is 3. The number of hydrogen-bond donors (Lipinski definition) is 1. The Kier molecular flexibility index (Phi) is 10.6. The lowest BCUT2D eigenvalue weighted by molar-refractivity contribution is -0.153. The first-order chi connectivity index (χ1) is 12.8. The van der Waals surface area contributed by atoms with Gasteiger partial charge in [-0.3, -0.25) is 9.59 Å². The molecule has 150 valence electrons. The van der Waals surface area contributed by atoms with Gasteiger partial charge in [-0.15, -0.1) is 0 Å². The molecule has 1 aromatic carbocycles. The van der Waals surface area contributed by atoms with Crippen LogP contribution in [0.1, 0.15) is 30.6 Å². The zero-order chi connectivity index (χ0) is 20.4. The average molecular weight is 435 g/mol. The van der Waals surface area contributed by atoms with Crippen LogP contribution in [0.25, 0.3) is 0 Å². The molecule has 1 rings (SSSR count). The van der Waals surface area contributed by atoms with Crippen LogP contribution in [0.4, 0.5) is 0 Å². The molecule has 0 aromatic heterocycles.